The maximum Gasteiger partial charge on any atom is 0.170 e. The lowest BCUT2D eigenvalue weighted by atomic mass is 9.80. The van der Waals surface area contributed by atoms with Crippen LogP contribution in [0.1, 0.15) is 90.5 Å². The molecule has 0 amide bonds. The Morgan fingerprint density at radius 2 is 1.73 bits per heavy atom. The van der Waals surface area contributed by atoms with Gasteiger partial charge in [0.1, 0.15) is 0 Å². The molecule has 216 valence electrons. The van der Waals surface area contributed by atoms with E-state index in [9.17, 15) is 9.50 Å². The summed E-state index contributed by atoms with van der Waals surface area (Å²) in [4.78, 5) is 4.78. The number of benzene rings is 2. The number of pyridine rings is 1. The van der Waals surface area contributed by atoms with E-state index in [4.69, 9.17) is 22.3 Å². The van der Waals surface area contributed by atoms with Gasteiger partial charge in [-0.15, -0.1) is 0 Å². The minimum absolute atomic E-state index is 0.00899. The van der Waals surface area contributed by atoms with Crippen LogP contribution in [0.25, 0.3) is 22.0 Å². The Labute approximate surface area is 245 Å². The fourth-order valence-corrected chi connectivity index (χ4v) is 8.09. The SMILES string of the molecule is CC(C)(C)c1cnc2ccc(-c3cc(F)c(O)c(Cl)c3)cc2c1NPC1CCC(C[C@H]2CCCC(N)CC2)CC1. The van der Waals surface area contributed by atoms with Gasteiger partial charge in [0.05, 0.1) is 16.2 Å². The summed E-state index contributed by atoms with van der Waals surface area (Å²) in [6, 6.07) is 9.35. The molecule has 0 saturated heterocycles. The fraction of sp³-hybridized carbons (Fsp3) is 0.545. The van der Waals surface area contributed by atoms with Crippen LogP contribution in [0.4, 0.5) is 10.1 Å². The summed E-state index contributed by atoms with van der Waals surface area (Å²) in [5, 5.41) is 14.7. The predicted octanol–water partition coefficient (Wildman–Crippen LogP) is 9.56. The molecule has 0 spiro atoms. The number of aromatic hydroxyl groups is 1. The largest absolute Gasteiger partial charge is 0.504 e. The molecule has 2 aromatic carbocycles. The van der Waals surface area contributed by atoms with Gasteiger partial charge in [0.25, 0.3) is 0 Å². The maximum atomic E-state index is 14.3. The Hall–Kier alpha value is -1.94. The zero-order valence-corrected chi connectivity index (χ0v) is 25.8. The van der Waals surface area contributed by atoms with E-state index in [1.807, 2.05) is 18.3 Å². The van der Waals surface area contributed by atoms with Crippen LogP contribution in [0, 0.1) is 17.7 Å². The van der Waals surface area contributed by atoms with Gasteiger partial charge in [0, 0.05) is 17.6 Å². The lowest BCUT2D eigenvalue weighted by Gasteiger charge is -2.32. The normalized spacial score (nSPS) is 24.4. The topological polar surface area (TPSA) is 71.2 Å². The molecule has 1 aromatic heterocycles. The lowest BCUT2D eigenvalue weighted by molar-refractivity contribution is 0.274. The Morgan fingerprint density at radius 1 is 1.00 bits per heavy atom. The molecule has 0 bridgehead atoms. The van der Waals surface area contributed by atoms with Crippen molar-refractivity contribution in [2.24, 2.45) is 17.6 Å². The Kier molecular flexibility index (Phi) is 9.24. The van der Waals surface area contributed by atoms with Gasteiger partial charge >= 0.3 is 0 Å². The van der Waals surface area contributed by atoms with E-state index in [-0.39, 0.29) is 10.4 Å². The fourth-order valence-electron chi connectivity index (χ4n) is 6.64. The number of halogens is 2. The van der Waals surface area contributed by atoms with Crippen molar-refractivity contribution in [2.75, 3.05) is 5.09 Å². The predicted molar refractivity (Wildman–Crippen MR) is 169 cm³/mol. The van der Waals surface area contributed by atoms with Crippen molar-refractivity contribution in [1.29, 1.82) is 0 Å². The summed E-state index contributed by atoms with van der Waals surface area (Å²) in [5.74, 6) is 0.508. The molecule has 2 saturated carbocycles. The minimum atomic E-state index is -0.720. The molecule has 4 nitrogen and oxygen atoms in total. The quantitative estimate of drug-likeness (QED) is 0.199. The van der Waals surface area contributed by atoms with E-state index in [0.717, 1.165) is 34.0 Å². The molecule has 4 N–H and O–H groups in total. The molecule has 1 heterocycles. The van der Waals surface area contributed by atoms with Crippen molar-refractivity contribution < 1.29 is 9.50 Å². The average molecular weight is 584 g/mol. The second-order valence-corrected chi connectivity index (χ2v) is 14.9. The monoisotopic (exact) mass is 583 g/mol. The number of phenols is 1. The van der Waals surface area contributed by atoms with Crippen molar-refractivity contribution >= 4 is 36.9 Å². The number of phenolic OH excluding ortho intramolecular Hbond substituents is 1. The number of nitrogens with zero attached hydrogens (tertiary/aromatic N) is 1. The highest BCUT2D eigenvalue weighted by Crippen LogP contribution is 2.44. The number of nitrogens with one attached hydrogen (secondary N) is 1. The minimum Gasteiger partial charge on any atom is -0.504 e. The standard InChI is InChI=1S/C33H44ClFN3OP/c1-33(2,3)27-19-37-30-14-10-22(23-17-28(34)32(39)29(35)18-23)16-26(30)31(27)38-40-25-12-8-21(9-13-25)15-20-5-4-6-24(36)11-7-20/h10,14,16-21,24-25,39-40H,4-9,11-13,15,36H2,1-3H3,(H,37,38)/t20-,21?,24?,25?/m0/s1. The molecule has 2 aliphatic carbocycles. The average Bonchev–Trinajstić information content (AvgIpc) is 3.13. The van der Waals surface area contributed by atoms with Crippen LogP contribution < -0.4 is 10.8 Å². The van der Waals surface area contributed by atoms with Crippen LogP contribution >= 0.6 is 20.3 Å². The van der Waals surface area contributed by atoms with Crippen LogP contribution in [0.2, 0.25) is 5.02 Å². The number of fused-ring (bicyclic) bond motifs is 1. The summed E-state index contributed by atoms with van der Waals surface area (Å²) in [5.41, 5.74) is 11.5. The summed E-state index contributed by atoms with van der Waals surface area (Å²) in [7, 11) is 0.640. The Balaban J connectivity index is 1.32. The van der Waals surface area contributed by atoms with E-state index >= 15 is 0 Å². The van der Waals surface area contributed by atoms with Crippen LogP contribution in [-0.2, 0) is 5.41 Å². The summed E-state index contributed by atoms with van der Waals surface area (Å²) in [6.45, 7) is 6.65. The van der Waals surface area contributed by atoms with E-state index in [1.165, 1.54) is 75.8 Å². The second-order valence-electron chi connectivity index (χ2n) is 13.2. The molecule has 40 heavy (non-hydrogen) atoms. The highest BCUT2D eigenvalue weighted by atomic mass is 35.5. The number of rotatable bonds is 6. The molecule has 5 rings (SSSR count). The van der Waals surface area contributed by atoms with Crippen molar-refractivity contribution in [1.82, 2.24) is 4.98 Å². The van der Waals surface area contributed by atoms with Gasteiger partial charge in [0.2, 0.25) is 0 Å². The molecule has 0 aliphatic heterocycles. The van der Waals surface area contributed by atoms with Crippen LogP contribution in [-0.4, -0.2) is 21.8 Å². The van der Waals surface area contributed by atoms with E-state index in [2.05, 4.69) is 31.9 Å². The number of aromatic nitrogens is 1. The van der Waals surface area contributed by atoms with Crippen molar-refractivity contribution in [3.63, 3.8) is 0 Å². The first-order chi connectivity index (χ1) is 19.1. The molecule has 2 unspecified atom stereocenters. The first-order valence-electron chi connectivity index (χ1n) is 15.0. The number of anilines is 1. The van der Waals surface area contributed by atoms with Gasteiger partial charge in [-0.3, -0.25) is 4.98 Å². The van der Waals surface area contributed by atoms with Crippen molar-refractivity contribution in [3.8, 4) is 16.9 Å². The molecule has 2 fully saturated rings. The molecule has 3 atom stereocenters. The van der Waals surface area contributed by atoms with E-state index in [0.29, 0.717) is 26.0 Å². The second kappa shape index (κ2) is 12.5. The van der Waals surface area contributed by atoms with Gasteiger partial charge in [-0.2, -0.15) is 0 Å². The zero-order chi connectivity index (χ0) is 28.4. The molecule has 7 heteroatoms. The molecular formula is C33H44ClFN3OP. The van der Waals surface area contributed by atoms with Gasteiger partial charge in [-0.25, -0.2) is 4.39 Å². The lowest BCUT2D eigenvalue weighted by Crippen LogP contribution is -2.20. The first kappa shape index (κ1) is 29.5. The number of hydrogen-bond acceptors (Lipinski definition) is 4. The Morgan fingerprint density at radius 3 is 2.45 bits per heavy atom. The highest BCUT2D eigenvalue weighted by molar-refractivity contribution is 7.40. The van der Waals surface area contributed by atoms with Gasteiger partial charge in [0.15, 0.2) is 11.6 Å². The summed E-state index contributed by atoms with van der Waals surface area (Å²) < 4.78 is 14.3. The number of hydrogen-bond donors (Lipinski definition) is 3. The molecule has 2 aliphatic rings. The summed E-state index contributed by atoms with van der Waals surface area (Å²) in [6.07, 6.45) is 15.0. The van der Waals surface area contributed by atoms with E-state index < -0.39 is 11.6 Å². The van der Waals surface area contributed by atoms with Crippen LogP contribution in [0.5, 0.6) is 5.75 Å². The van der Waals surface area contributed by atoms with Gasteiger partial charge in [-0.05, 0) is 124 Å². The maximum absolute atomic E-state index is 14.3. The summed E-state index contributed by atoms with van der Waals surface area (Å²) >= 11 is 6.10. The number of nitrogens with two attached hydrogens (primary N) is 1. The van der Waals surface area contributed by atoms with Gasteiger partial charge in [-0.1, -0.05) is 51.3 Å². The highest BCUT2D eigenvalue weighted by Gasteiger charge is 2.27. The molecule has 3 aromatic rings. The third-order valence-electron chi connectivity index (χ3n) is 9.07. The Bertz CT molecular complexity index is 1310. The van der Waals surface area contributed by atoms with Crippen molar-refractivity contribution in [3.05, 3.63) is 52.9 Å². The smallest absolute Gasteiger partial charge is 0.170 e. The van der Waals surface area contributed by atoms with Crippen LogP contribution in [0.3, 0.4) is 0 Å². The van der Waals surface area contributed by atoms with Crippen molar-refractivity contribution in [2.45, 2.75) is 102 Å². The third kappa shape index (κ3) is 6.92. The zero-order valence-electron chi connectivity index (χ0n) is 24.1. The molecular weight excluding hydrogens is 540 g/mol. The first-order valence-corrected chi connectivity index (χ1v) is 16.4. The third-order valence-corrected chi connectivity index (χ3v) is 10.7. The van der Waals surface area contributed by atoms with E-state index in [1.54, 1.807) is 6.07 Å². The van der Waals surface area contributed by atoms with Crippen LogP contribution in [0.15, 0.2) is 36.5 Å². The van der Waals surface area contributed by atoms with Gasteiger partial charge < -0.3 is 15.9 Å². The molecule has 0 radical (unpaired) electrons.